The van der Waals surface area contributed by atoms with E-state index in [1.807, 2.05) is 0 Å². The zero-order chi connectivity index (χ0) is 16.9. The van der Waals surface area contributed by atoms with Crippen molar-refractivity contribution >= 4 is 0 Å². The second-order valence-electron chi connectivity index (χ2n) is 7.31. The van der Waals surface area contributed by atoms with Gasteiger partial charge in [0.15, 0.2) is 0 Å². The molecule has 4 atom stereocenters. The van der Waals surface area contributed by atoms with Gasteiger partial charge >= 0.3 is 0 Å². The van der Waals surface area contributed by atoms with Crippen LogP contribution in [0.3, 0.4) is 0 Å². The molecule has 22 heavy (non-hydrogen) atoms. The van der Waals surface area contributed by atoms with Gasteiger partial charge in [0.2, 0.25) is 0 Å². The molecule has 0 N–H and O–H groups in total. The molecular weight excluding hydrogens is 276 g/mol. The molecule has 2 fully saturated rings. The van der Waals surface area contributed by atoms with E-state index in [1.165, 1.54) is 0 Å². The van der Waals surface area contributed by atoms with Crippen LogP contribution in [-0.4, -0.2) is 72.5 Å². The third-order valence-corrected chi connectivity index (χ3v) is 5.10. The van der Waals surface area contributed by atoms with Gasteiger partial charge in [-0.2, -0.15) is 0 Å². The van der Waals surface area contributed by atoms with Crippen LogP contribution in [0, 0.1) is 0 Å². The number of ether oxygens (including phenoxy) is 2. The van der Waals surface area contributed by atoms with Crippen molar-refractivity contribution < 1.29 is 9.47 Å². The summed E-state index contributed by atoms with van der Waals surface area (Å²) in [6, 6.07) is 2.37. The monoisotopic (exact) mass is 314 g/mol. The molecule has 0 aromatic heterocycles. The van der Waals surface area contributed by atoms with Gasteiger partial charge in [-0.1, -0.05) is 0 Å². The first-order valence-electron chi connectivity index (χ1n) is 9.00. The van der Waals surface area contributed by atoms with E-state index in [1.54, 1.807) is 0 Å². The Kier molecular flexibility index (Phi) is 8.33. The standard InChI is InChI=1S/C11H23NO.C7H15NO/c1-7(2)12-8(3)10(5)13-11(6)9(12)4;1-7(2)8-3-5-9-6-4-8/h7-11H,1-6H3;7H,3-6H2,1-2H3. The minimum Gasteiger partial charge on any atom is -0.379 e. The zero-order valence-corrected chi connectivity index (χ0v) is 16.0. The van der Waals surface area contributed by atoms with E-state index in [4.69, 9.17) is 9.47 Å². The van der Waals surface area contributed by atoms with Crippen LogP contribution >= 0.6 is 0 Å². The number of morpholine rings is 2. The fourth-order valence-electron chi connectivity index (χ4n) is 3.46. The van der Waals surface area contributed by atoms with Crippen molar-refractivity contribution in [3.8, 4) is 0 Å². The number of hydrogen-bond donors (Lipinski definition) is 0. The topological polar surface area (TPSA) is 24.9 Å². The fourth-order valence-corrected chi connectivity index (χ4v) is 3.46. The lowest BCUT2D eigenvalue weighted by atomic mass is 10.0. The van der Waals surface area contributed by atoms with Gasteiger partial charge in [-0.25, -0.2) is 0 Å². The maximum Gasteiger partial charge on any atom is 0.0704 e. The molecule has 2 aliphatic rings. The van der Waals surface area contributed by atoms with Gasteiger partial charge in [-0.3, -0.25) is 9.80 Å². The molecule has 4 unspecified atom stereocenters. The summed E-state index contributed by atoms with van der Waals surface area (Å²) in [6.45, 7) is 21.9. The SMILES string of the molecule is CC(C)N1CCOCC1.CC1OC(C)C(C)N(C(C)C)C1C. The van der Waals surface area contributed by atoms with E-state index in [0.717, 1.165) is 26.3 Å². The molecule has 0 spiro atoms. The highest BCUT2D eigenvalue weighted by atomic mass is 16.5. The Bertz CT molecular complexity index is 289. The summed E-state index contributed by atoms with van der Waals surface area (Å²) in [4.78, 5) is 4.99. The largest absolute Gasteiger partial charge is 0.379 e. The minimum atomic E-state index is 0.355. The molecule has 0 aromatic carbocycles. The fraction of sp³-hybridized carbons (Fsp3) is 1.00. The summed E-state index contributed by atoms with van der Waals surface area (Å²) in [7, 11) is 0. The van der Waals surface area contributed by atoms with Gasteiger partial charge in [0, 0.05) is 37.3 Å². The third kappa shape index (κ3) is 5.48. The van der Waals surface area contributed by atoms with Crippen LogP contribution in [0.15, 0.2) is 0 Å². The average Bonchev–Trinajstić information content (AvgIpc) is 2.47. The van der Waals surface area contributed by atoms with E-state index < -0.39 is 0 Å². The Hall–Kier alpha value is -0.160. The Morgan fingerprint density at radius 1 is 0.773 bits per heavy atom. The van der Waals surface area contributed by atoms with Gasteiger partial charge in [0.1, 0.15) is 0 Å². The van der Waals surface area contributed by atoms with E-state index in [9.17, 15) is 0 Å². The Morgan fingerprint density at radius 2 is 1.23 bits per heavy atom. The highest BCUT2D eigenvalue weighted by molar-refractivity contribution is 4.88. The first-order chi connectivity index (χ1) is 10.3. The minimum absolute atomic E-state index is 0.355. The summed E-state index contributed by atoms with van der Waals surface area (Å²) in [5.74, 6) is 0. The number of nitrogens with zero attached hydrogens (tertiary/aromatic N) is 2. The third-order valence-electron chi connectivity index (χ3n) is 5.10. The molecule has 4 nitrogen and oxygen atoms in total. The maximum atomic E-state index is 5.85. The van der Waals surface area contributed by atoms with Gasteiger partial charge in [-0.05, 0) is 55.4 Å². The van der Waals surface area contributed by atoms with Crippen LogP contribution in [0.2, 0.25) is 0 Å². The molecule has 2 aliphatic heterocycles. The van der Waals surface area contributed by atoms with Crippen LogP contribution in [-0.2, 0) is 9.47 Å². The van der Waals surface area contributed by atoms with Crippen LogP contribution in [0.5, 0.6) is 0 Å². The molecule has 0 saturated carbocycles. The number of hydrogen-bond acceptors (Lipinski definition) is 4. The van der Waals surface area contributed by atoms with E-state index in [2.05, 4.69) is 65.2 Å². The van der Waals surface area contributed by atoms with Gasteiger partial charge < -0.3 is 9.47 Å². The average molecular weight is 315 g/mol. The molecule has 0 aliphatic carbocycles. The maximum absolute atomic E-state index is 5.85. The lowest BCUT2D eigenvalue weighted by Crippen LogP contribution is -2.59. The molecule has 2 heterocycles. The molecule has 0 aromatic rings. The van der Waals surface area contributed by atoms with Crippen molar-refractivity contribution in [3.05, 3.63) is 0 Å². The first-order valence-corrected chi connectivity index (χ1v) is 9.00. The molecule has 4 heteroatoms. The molecular formula is C18H38N2O2. The summed E-state index contributed by atoms with van der Waals surface area (Å²) in [5.41, 5.74) is 0. The van der Waals surface area contributed by atoms with Crippen molar-refractivity contribution in [2.75, 3.05) is 26.3 Å². The van der Waals surface area contributed by atoms with Crippen LogP contribution in [0.4, 0.5) is 0 Å². The molecule has 0 amide bonds. The second kappa shape index (κ2) is 9.21. The summed E-state index contributed by atoms with van der Waals surface area (Å²) in [6.07, 6.45) is 0.710. The number of rotatable bonds is 2. The summed E-state index contributed by atoms with van der Waals surface area (Å²) < 4.78 is 11.1. The zero-order valence-electron chi connectivity index (χ0n) is 16.0. The van der Waals surface area contributed by atoms with Crippen LogP contribution in [0.25, 0.3) is 0 Å². The molecule has 0 radical (unpaired) electrons. The van der Waals surface area contributed by atoms with Crippen molar-refractivity contribution in [3.63, 3.8) is 0 Å². The molecule has 0 bridgehead atoms. The van der Waals surface area contributed by atoms with Crippen molar-refractivity contribution in [1.29, 1.82) is 0 Å². The van der Waals surface area contributed by atoms with Crippen molar-refractivity contribution in [2.24, 2.45) is 0 Å². The van der Waals surface area contributed by atoms with Crippen LogP contribution in [0.1, 0.15) is 55.4 Å². The van der Waals surface area contributed by atoms with E-state index in [0.29, 0.717) is 36.4 Å². The first kappa shape index (κ1) is 19.9. The summed E-state index contributed by atoms with van der Waals surface area (Å²) >= 11 is 0. The van der Waals surface area contributed by atoms with Crippen molar-refractivity contribution in [2.45, 2.75) is 91.8 Å². The quantitative estimate of drug-likeness (QED) is 0.782. The normalized spacial score (nSPS) is 34.6. The molecule has 2 rings (SSSR count). The Balaban J connectivity index is 0.000000235. The highest BCUT2D eigenvalue weighted by Crippen LogP contribution is 2.25. The van der Waals surface area contributed by atoms with Crippen molar-refractivity contribution in [1.82, 2.24) is 9.80 Å². The second-order valence-corrected chi connectivity index (χ2v) is 7.31. The smallest absolute Gasteiger partial charge is 0.0704 e. The summed E-state index contributed by atoms with van der Waals surface area (Å²) in [5, 5.41) is 0. The van der Waals surface area contributed by atoms with E-state index >= 15 is 0 Å². The lowest BCUT2D eigenvalue weighted by molar-refractivity contribution is -0.138. The lowest BCUT2D eigenvalue weighted by Gasteiger charge is -2.48. The molecule has 132 valence electrons. The van der Waals surface area contributed by atoms with Gasteiger partial charge in [0.25, 0.3) is 0 Å². The predicted octanol–water partition coefficient (Wildman–Crippen LogP) is 3.01. The predicted molar refractivity (Wildman–Crippen MR) is 93.4 cm³/mol. The van der Waals surface area contributed by atoms with Gasteiger partial charge in [-0.15, -0.1) is 0 Å². The van der Waals surface area contributed by atoms with Gasteiger partial charge in [0.05, 0.1) is 25.4 Å². The molecule has 2 saturated heterocycles. The van der Waals surface area contributed by atoms with E-state index in [-0.39, 0.29) is 0 Å². The Morgan fingerprint density at radius 3 is 1.55 bits per heavy atom. The highest BCUT2D eigenvalue weighted by Gasteiger charge is 2.36. The van der Waals surface area contributed by atoms with Crippen LogP contribution < -0.4 is 0 Å². The Labute approximate surface area is 138 Å².